The number of hydrogen-bond acceptors (Lipinski definition) is 5. The number of hydrogen-bond donors (Lipinski definition) is 2. The van der Waals surface area contributed by atoms with Crippen LogP contribution in [0.4, 0.5) is 5.82 Å². The monoisotopic (exact) mass is 453 g/mol. The summed E-state index contributed by atoms with van der Waals surface area (Å²) in [5.41, 5.74) is 0.696. The van der Waals surface area contributed by atoms with E-state index in [0.29, 0.717) is 12.2 Å². The van der Waals surface area contributed by atoms with Crippen molar-refractivity contribution in [2.45, 2.75) is 76.5 Å². The second-order valence-electron chi connectivity index (χ2n) is 9.70. The molecule has 33 heavy (non-hydrogen) atoms. The van der Waals surface area contributed by atoms with Crippen LogP contribution in [0.3, 0.4) is 0 Å². The second kappa shape index (κ2) is 9.55. The number of carbonyl (C=O) groups excluding carboxylic acids is 2. The molecule has 2 aliphatic heterocycles. The van der Waals surface area contributed by atoms with Crippen LogP contribution in [0.15, 0.2) is 36.5 Å². The lowest BCUT2D eigenvalue weighted by Crippen LogP contribution is -2.56. The van der Waals surface area contributed by atoms with Gasteiger partial charge in [-0.05, 0) is 57.7 Å². The first kappa shape index (κ1) is 23.3. The third kappa shape index (κ3) is 4.90. The van der Waals surface area contributed by atoms with Crippen molar-refractivity contribution in [2.24, 2.45) is 0 Å². The highest BCUT2D eigenvalue weighted by Crippen LogP contribution is 2.45. The molecular formula is C25H35N5O3. The molecule has 2 fully saturated rings. The summed E-state index contributed by atoms with van der Waals surface area (Å²) in [5.74, 6) is 1.50. The molecule has 4 rings (SSSR count). The molecule has 0 saturated carbocycles. The molecule has 2 aromatic rings. The van der Waals surface area contributed by atoms with E-state index in [2.05, 4.69) is 33.6 Å². The largest absolute Gasteiger partial charge is 0.497 e. The topological polar surface area (TPSA) is 88.5 Å². The molecule has 2 N–H and O–H groups in total. The van der Waals surface area contributed by atoms with Crippen LogP contribution in [-0.4, -0.2) is 51.7 Å². The molecule has 0 aliphatic carbocycles. The number of carbonyl (C=O) groups is 2. The fourth-order valence-electron chi connectivity index (χ4n) is 5.41. The third-order valence-corrected chi connectivity index (χ3v) is 6.94. The normalized spacial score (nSPS) is 25.8. The zero-order valence-electron chi connectivity index (χ0n) is 20.0. The highest BCUT2D eigenvalue weighted by atomic mass is 16.5. The van der Waals surface area contributed by atoms with Crippen LogP contribution in [0.25, 0.3) is 0 Å². The number of rotatable bonds is 6. The molecule has 1 aromatic heterocycles. The first-order valence-corrected chi connectivity index (χ1v) is 11.8. The van der Waals surface area contributed by atoms with Crippen LogP contribution in [0.1, 0.15) is 70.5 Å². The smallest absolute Gasteiger partial charge is 0.239 e. The number of benzene rings is 1. The molecule has 178 valence electrons. The summed E-state index contributed by atoms with van der Waals surface area (Å²) in [5, 5.41) is 10.7. The predicted molar refractivity (Wildman–Crippen MR) is 127 cm³/mol. The highest BCUT2D eigenvalue weighted by molar-refractivity contribution is 5.91. The van der Waals surface area contributed by atoms with Crippen LogP contribution < -0.4 is 15.4 Å². The van der Waals surface area contributed by atoms with Crippen LogP contribution >= 0.6 is 0 Å². The number of aromatic nitrogens is 2. The second-order valence-corrected chi connectivity index (χ2v) is 9.70. The van der Waals surface area contributed by atoms with Gasteiger partial charge in [0.15, 0.2) is 0 Å². The van der Waals surface area contributed by atoms with Gasteiger partial charge in [-0.15, -0.1) is 0 Å². The van der Waals surface area contributed by atoms with Crippen LogP contribution in [0.2, 0.25) is 0 Å². The van der Waals surface area contributed by atoms with E-state index in [1.165, 1.54) is 0 Å². The lowest BCUT2D eigenvalue weighted by atomic mass is 9.85. The van der Waals surface area contributed by atoms with Crippen molar-refractivity contribution in [1.29, 1.82) is 0 Å². The van der Waals surface area contributed by atoms with Crippen molar-refractivity contribution >= 4 is 17.6 Å². The van der Waals surface area contributed by atoms with E-state index in [9.17, 15) is 9.59 Å². The van der Waals surface area contributed by atoms with Crippen molar-refractivity contribution in [3.63, 3.8) is 0 Å². The number of amides is 2. The maximum absolute atomic E-state index is 13.2. The first-order chi connectivity index (χ1) is 15.8. The van der Waals surface area contributed by atoms with Crippen molar-refractivity contribution in [1.82, 2.24) is 20.0 Å². The molecule has 3 heterocycles. The molecule has 3 atom stereocenters. The first-order valence-electron chi connectivity index (χ1n) is 11.8. The summed E-state index contributed by atoms with van der Waals surface area (Å²) in [4.78, 5) is 28.0. The number of nitrogens with one attached hydrogen (secondary N) is 2. The molecular weight excluding hydrogens is 418 g/mol. The molecule has 2 aliphatic rings. The van der Waals surface area contributed by atoms with Crippen molar-refractivity contribution in [3.8, 4) is 5.75 Å². The van der Waals surface area contributed by atoms with Gasteiger partial charge in [0.2, 0.25) is 11.8 Å². The third-order valence-electron chi connectivity index (χ3n) is 6.94. The van der Waals surface area contributed by atoms with Crippen molar-refractivity contribution in [2.75, 3.05) is 19.0 Å². The fraction of sp³-hybridized carbons (Fsp3) is 0.560. The van der Waals surface area contributed by atoms with Gasteiger partial charge >= 0.3 is 0 Å². The molecule has 2 saturated heterocycles. The molecule has 1 aromatic carbocycles. The van der Waals surface area contributed by atoms with Gasteiger partial charge in [0.05, 0.1) is 25.4 Å². The minimum Gasteiger partial charge on any atom is -0.497 e. The Labute approximate surface area is 195 Å². The number of likely N-dealkylation sites (tertiary alicyclic amines) is 1. The molecule has 8 nitrogen and oxygen atoms in total. The van der Waals surface area contributed by atoms with Gasteiger partial charge in [-0.1, -0.05) is 18.6 Å². The Hall–Kier alpha value is -2.87. The average Bonchev–Trinajstić information content (AvgIpc) is 3.33. The van der Waals surface area contributed by atoms with Gasteiger partial charge in [-0.3, -0.25) is 14.5 Å². The summed E-state index contributed by atoms with van der Waals surface area (Å²) in [6, 6.07) is 10.1. The molecule has 0 spiro atoms. The Bertz CT molecular complexity index is 1000. The Morgan fingerprint density at radius 1 is 1.33 bits per heavy atom. The zero-order chi connectivity index (χ0) is 23.6. The van der Waals surface area contributed by atoms with Gasteiger partial charge in [-0.25, -0.2) is 4.68 Å². The Kier molecular flexibility index (Phi) is 6.74. The molecule has 0 radical (unpaired) electrons. The molecule has 0 bridgehead atoms. The zero-order valence-corrected chi connectivity index (χ0v) is 20.0. The van der Waals surface area contributed by atoms with Crippen LogP contribution in [-0.2, 0) is 9.59 Å². The number of fused-ring (bicyclic) bond motifs is 1. The van der Waals surface area contributed by atoms with E-state index >= 15 is 0 Å². The van der Waals surface area contributed by atoms with Gasteiger partial charge in [0.25, 0.3) is 0 Å². The average molecular weight is 454 g/mol. The van der Waals surface area contributed by atoms with Crippen molar-refractivity contribution < 1.29 is 14.3 Å². The van der Waals surface area contributed by atoms with Crippen LogP contribution in [0, 0.1) is 0 Å². The van der Waals surface area contributed by atoms with E-state index in [4.69, 9.17) is 4.74 Å². The number of nitrogens with zero attached hydrogens (tertiary/aromatic N) is 3. The Morgan fingerprint density at radius 3 is 2.91 bits per heavy atom. The quantitative estimate of drug-likeness (QED) is 0.697. The van der Waals surface area contributed by atoms with Gasteiger partial charge < -0.3 is 15.4 Å². The summed E-state index contributed by atoms with van der Waals surface area (Å²) in [6.07, 6.45) is 5.78. The summed E-state index contributed by atoms with van der Waals surface area (Å²) < 4.78 is 7.27. The van der Waals surface area contributed by atoms with Gasteiger partial charge in [-0.2, -0.15) is 5.10 Å². The molecule has 8 heteroatoms. The number of anilines is 1. The van der Waals surface area contributed by atoms with E-state index in [0.717, 1.165) is 37.0 Å². The SMILES string of the molecule is COc1cccc([C@@H]2C[C@]3(C)NC(=O)CCCC[C@@H]3N2CC(=O)Nc2ccnn2C(C)C)c1. The summed E-state index contributed by atoms with van der Waals surface area (Å²) in [7, 11) is 1.66. The van der Waals surface area contributed by atoms with E-state index < -0.39 is 5.54 Å². The predicted octanol–water partition coefficient (Wildman–Crippen LogP) is 3.68. The lowest BCUT2D eigenvalue weighted by molar-refractivity contribution is -0.123. The van der Waals surface area contributed by atoms with Gasteiger partial charge in [0, 0.05) is 30.6 Å². The van der Waals surface area contributed by atoms with Crippen LogP contribution in [0.5, 0.6) is 5.75 Å². The van der Waals surface area contributed by atoms with E-state index in [1.54, 1.807) is 13.3 Å². The maximum Gasteiger partial charge on any atom is 0.239 e. The molecule has 0 unspecified atom stereocenters. The van der Waals surface area contributed by atoms with Gasteiger partial charge in [0.1, 0.15) is 11.6 Å². The summed E-state index contributed by atoms with van der Waals surface area (Å²) >= 11 is 0. The standard InChI is InChI=1S/C25H35N5O3/c1-17(2)30-22(12-13-26-30)27-24(32)16-29-20(18-8-7-9-19(14-18)33-4)15-25(3)21(29)10-5-6-11-23(31)28-25/h7-9,12-14,17,20-21H,5-6,10-11,15-16H2,1-4H3,(H,27,32)(H,28,31)/t20-,21-,25-/m0/s1. The summed E-state index contributed by atoms with van der Waals surface area (Å²) in [6.45, 7) is 6.43. The lowest BCUT2D eigenvalue weighted by Gasteiger charge is -2.38. The molecule has 2 amide bonds. The number of ether oxygens (including phenoxy) is 1. The minimum atomic E-state index is -0.398. The number of methoxy groups -OCH3 is 1. The van der Waals surface area contributed by atoms with E-state index in [1.807, 2.05) is 42.8 Å². The minimum absolute atomic E-state index is 0.00532. The Balaban J connectivity index is 1.63. The van der Waals surface area contributed by atoms with E-state index in [-0.39, 0.29) is 36.5 Å². The van der Waals surface area contributed by atoms with Crippen molar-refractivity contribution in [3.05, 3.63) is 42.1 Å². The maximum atomic E-state index is 13.2. The fourth-order valence-corrected chi connectivity index (χ4v) is 5.41. The highest BCUT2D eigenvalue weighted by Gasteiger charge is 2.51. The Morgan fingerprint density at radius 2 is 2.15 bits per heavy atom.